The lowest BCUT2D eigenvalue weighted by atomic mass is 9.90. The van der Waals surface area contributed by atoms with E-state index in [0.29, 0.717) is 12.5 Å². The van der Waals surface area contributed by atoms with Crippen molar-refractivity contribution in [3.8, 4) is 0 Å². The Morgan fingerprint density at radius 3 is 2.77 bits per heavy atom. The van der Waals surface area contributed by atoms with Gasteiger partial charge in [0.05, 0.1) is 5.92 Å². The molecule has 4 nitrogen and oxygen atoms in total. The third-order valence-corrected chi connectivity index (χ3v) is 2.41. The molecular formula is C9H18N2O2. The lowest BCUT2D eigenvalue weighted by Gasteiger charge is -2.29. The molecule has 1 heterocycles. The Morgan fingerprint density at radius 1 is 1.54 bits per heavy atom. The number of nitrogens with zero attached hydrogens (tertiary/aromatic N) is 1. The summed E-state index contributed by atoms with van der Waals surface area (Å²) in [5, 5.41) is 12.0. The van der Waals surface area contributed by atoms with Gasteiger partial charge in [-0.15, -0.1) is 0 Å². The van der Waals surface area contributed by atoms with Gasteiger partial charge in [-0.3, -0.25) is 4.79 Å². The molecule has 0 aromatic rings. The zero-order valence-electron chi connectivity index (χ0n) is 8.29. The Morgan fingerprint density at radius 2 is 2.23 bits per heavy atom. The monoisotopic (exact) mass is 186 g/mol. The summed E-state index contributed by atoms with van der Waals surface area (Å²) >= 11 is 0. The Labute approximate surface area is 78.9 Å². The quantitative estimate of drug-likeness (QED) is 0.644. The molecule has 0 aliphatic carbocycles. The molecule has 0 bridgehead atoms. The molecule has 0 amide bonds. The smallest absolute Gasteiger partial charge is 0.307 e. The lowest BCUT2D eigenvalue weighted by molar-refractivity contribution is -0.142. The van der Waals surface area contributed by atoms with Gasteiger partial charge in [0.25, 0.3) is 0 Å². The van der Waals surface area contributed by atoms with Gasteiger partial charge >= 0.3 is 5.97 Å². The summed E-state index contributed by atoms with van der Waals surface area (Å²) in [6.07, 6.45) is 0.806. The molecule has 0 saturated carbocycles. The van der Waals surface area contributed by atoms with Crippen molar-refractivity contribution in [1.29, 1.82) is 0 Å². The van der Waals surface area contributed by atoms with Crippen molar-refractivity contribution in [2.75, 3.05) is 33.7 Å². The molecule has 0 spiro atoms. The average Bonchev–Trinajstić information content (AvgIpc) is 2.03. The van der Waals surface area contributed by atoms with Gasteiger partial charge in [-0.05, 0) is 33.0 Å². The minimum absolute atomic E-state index is 0.196. The molecule has 0 aromatic heterocycles. The number of piperidine rings is 1. The Kier molecular flexibility index (Phi) is 3.69. The molecule has 1 saturated heterocycles. The standard InChI is InChI=1S/C9H18N2O2/c1-11(2)6-7-3-8(9(12)13)5-10-4-7/h7-8,10H,3-6H2,1-2H3,(H,12,13). The summed E-state index contributed by atoms with van der Waals surface area (Å²) < 4.78 is 0. The normalized spacial score (nSPS) is 29.2. The molecule has 1 rings (SSSR count). The van der Waals surface area contributed by atoms with Crippen molar-refractivity contribution >= 4 is 5.97 Å². The molecule has 2 unspecified atom stereocenters. The maximum absolute atomic E-state index is 10.7. The fourth-order valence-corrected chi connectivity index (χ4v) is 1.87. The highest BCUT2D eigenvalue weighted by Crippen LogP contribution is 2.16. The van der Waals surface area contributed by atoms with E-state index in [0.717, 1.165) is 19.5 Å². The highest BCUT2D eigenvalue weighted by Gasteiger charge is 2.26. The predicted octanol–water partition coefficient (Wildman–Crippen LogP) is -0.142. The average molecular weight is 186 g/mol. The summed E-state index contributed by atoms with van der Waals surface area (Å²) in [5.74, 6) is -0.389. The van der Waals surface area contributed by atoms with Gasteiger partial charge in [-0.2, -0.15) is 0 Å². The van der Waals surface area contributed by atoms with E-state index in [4.69, 9.17) is 5.11 Å². The molecule has 2 N–H and O–H groups in total. The van der Waals surface area contributed by atoms with E-state index in [-0.39, 0.29) is 5.92 Å². The fraction of sp³-hybridized carbons (Fsp3) is 0.889. The molecule has 13 heavy (non-hydrogen) atoms. The molecule has 76 valence electrons. The molecule has 4 heteroatoms. The highest BCUT2D eigenvalue weighted by atomic mass is 16.4. The van der Waals surface area contributed by atoms with Crippen molar-refractivity contribution in [3.05, 3.63) is 0 Å². The fourth-order valence-electron chi connectivity index (χ4n) is 1.87. The van der Waals surface area contributed by atoms with E-state index in [1.165, 1.54) is 0 Å². The van der Waals surface area contributed by atoms with Crippen LogP contribution in [0.1, 0.15) is 6.42 Å². The summed E-state index contributed by atoms with van der Waals surface area (Å²) in [6.45, 7) is 2.54. The number of carboxylic acid groups (broad SMARTS) is 1. The van der Waals surface area contributed by atoms with Crippen LogP contribution in [0.4, 0.5) is 0 Å². The van der Waals surface area contributed by atoms with Gasteiger partial charge in [0.1, 0.15) is 0 Å². The number of rotatable bonds is 3. The van der Waals surface area contributed by atoms with E-state index in [1.807, 2.05) is 14.1 Å². The van der Waals surface area contributed by atoms with Gasteiger partial charge in [0.15, 0.2) is 0 Å². The van der Waals surface area contributed by atoms with Gasteiger partial charge in [-0.25, -0.2) is 0 Å². The molecule has 1 aliphatic heterocycles. The third kappa shape index (κ3) is 3.32. The molecule has 1 fully saturated rings. The number of hydrogen-bond acceptors (Lipinski definition) is 3. The van der Waals surface area contributed by atoms with E-state index in [1.54, 1.807) is 0 Å². The van der Waals surface area contributed by atoms with E-state index >= 15 is 0 Å². The number of carboxylic acids is 1. The summed E-state index contributed by atoms with van der Waals surface area (Å²) in [4.78, 5) is 12.8. The second kappa shape index (κ2) is 4.58. The van der Waals surface area contributed by atoms with Crippen LogP contribution in [0, 0.1) is 11.8 Å². The first-order valence-corrected chi connectivity index (χ1v) is 4.68. The first-order chi connectivity index (χ1) is 6.09. The maximum Gasteiger partial charge on any atom is 0.307 e. The van der Waals surface area contributed by atoms with Gasteiger partial charge in [0, 0.05) is 13.1 Å². The SMILES string of the molecule is CN(C)CC1CNCC(C(=O)O)C1. The number of hydrogen-bond donors (Lipinski definition) is 2. The minimum Gasteiger partial charge on any atom is -0.481 e. The topological polar surface area (TPSA) is 52.6 Å². The largest absolute Gasteiger partial charge is 0.481 e. The second-order valence-electron chi connectivity index (χ2n) is 4.06. The minimum atomic E-state index is -0.670. The van der Waals surface area contributed by atoms with Gasteiger partial charge in [0.2, 0.25) is 0 Å². The van der Waals surface area contributed by atoms with Crippen LogP contribution in [0.15, 0.2) is 0 Å². The van der Waals surface area contributed by atoms with Crippen molar-refractivity contribution in [2.24, 2.45) is 11.8 Å². The Bertz CT molecular complexity index is 182. The number of nitrogens with one attached hydrogen (secondary N) is 1. The summed E-state index contributed by atoms with van der Waals surface area (Å²) in [6, 6.07) is 0. The number of carbonyl (C=O) groups is 1. The second-order valence-corrected chi connectivity index (χ2v) is 4.06. The van der Waals surface area contributed by atoms with Crippen LogP contribution in [0.2, 0.25) is 0 Å². The van der Waals surface area contributed by atoms with Crippen molar-refractivity contribution in [3.63, 3.8) is 0 Å². The molecule has 0 radical (unpaired) electrons. The van der Waals surface area contributed by atoms with Crippen LogP contribution >= 0.6 is 0 Å². The van der Waals surface area contributed by atoms with Crippen LogP contribution in [0.25, 0.3) is 0 Å². The van der Waals surface area contributed by atoms with Crippen LogP contribution in [-0.4, -0.2) is 49.7 Å². The molecular weight excluding hydrogens is 168 g/mol. The van der Waals surface area contributed by atoms with Gasteiger partial charge in [-0.1, -0.05) is 0 Å². The van der Waals surface area contributed by atoms with Crippen molar-refractivity contribution in [1.82, 2.24) is 10.2 Å². The van der Waals surface area contributed by atoms with Crippen molar-refractivity contribution in [2.45, 2.75) is 6.42 Å². The van der Waals surface area contributed by atoms with E-state index in [9.17, 15) is 4.79 Å². The van der Waals surface area contributed by atoms with Crippen molar-refractivity contribution < 1.29 is 9.90 Å². The summed E-state index contributed by atoms with van der Waals surface area (Å²) in [7, 11) is 4.04. The van der Waals surface area contributed by atoms with Gasteiger partial charge < -0.3 is 15.3 Å². The van der Waals surface area contributed by atoms with E-state index in [2.05, 4.69) is 10.2 Å². The van der Waals surface area contributed by atoms with E-state index < -0.39 is 5.97 Å². The van der Waals surface area contributed by atoms with Crippen LogP contribution in [-0.2, 0) is 4.79 Å². The summed E-state index contributed by atoms with van der Waals surface area (Å²) in [5.41, 5.74) is 0. The number of aliphatic carboxylic acids is 1. The molecule has 2 atom stereocenters. The lowest BCUT2D eigenvalue weighted by Crippen LogP contribution is -2.42. The van der Waals surface area contributed by atoms with Crippen LogP contribution in [0.5, 0.6) is 0 Å². The van der Waals surface area contributed by atoms with Crippen LogP contribution < -0.4 is 5.32 Å². The first-order valence-electron chi connectivity index (χ1n) is 4.68. The zero-order chi connectivity index (χ0) is 9.84. The Hall–Kier alpha value is -0.610. The van der Waals surface area contributed by atoms with Crippen LogP contribution in [0.3, 0.4) is 0 Å². The first kappa shape index (κ1) is 10.5. The maximum atomic E-state index is 10.7. The predicted molar refractivity (Wildman–Crippen MR) is 50.7 cm³/mol. The Balaban J connectivity index is 2.37. The molecule has 0 aromatic carbocycles. The highest BCUT2D eigenvalue weighted by molar-refractivity contribution is 5.70. The molecule has 1 aliphatic rings. The third-order valence-electron chi connectivity index (χ3n) is 2.41. The zero-order valence-corrected chi connectivity index (χ0v) is 8.29.